The Bertz CT molecular complexity index is 1020. The highest BCUT2D eigenvalue weighted by atomic mass is 16.2. The Hall–Kier alpha value is -3.55. The number of H-pyrrole nitrogens is 1. The van der Waals surface area contributed by atoms with Gasteiger partial charge in [0.1, 0.15) is 5.69 Å². The molecule has 0 radical (unpaired) electrons. The highest BCUT2D eigenvalue weighted by molar-refractivity contribution is 6.04. The first-order chi connectivity index (χ1) is 11.5. The molecule has 1 amide bonds. The lowest BCUT2D eigenvalue weighted by molar-refractivity contribution is 0.102. The van der Waals surface area contributed by atoms with Crippen molar-refractivity contribution in [3.63, 3.8) is 0 Å². The van der Waals surface area contributed by atoms with Crippen LogP contribution in [0.15, 0.2) is 58.4 Å². The second kappa shape index (κ2) is 6.29. The lowest BCUT2D eigenvalue weighted by atomic mass is 10.1. The summed E-state index contributed by atoms with van der Waals surface area (Å²) in [6.45, 7) is 0. The average Bonchev–Trinajstić information content (AvgIpc) is 2.58. The first kappa shape index (κ1) is 15.3. The molecule has 0 fully saturated rings. The van der Waals surface area contributed by atoms with Crippen molar-refractivity contribution in [1.29, 1.82) is 0 Å². The van der Waals surface area contributed by atoms with Gasteiger partial charge in [0.2, 0.25) is 0 Å². The van der Waals surface area contributed by atoms with Gasteiger partial charge in [-0.05, 0) is 12.1 Å². The molecule has 0 spiro atoms. The zero-order valence-electron chi connectivity index (χ0n) is 12.7. The Labute approximate surface area is 135 Å². The summed E-state index contributed by atoms with van der Waals surface area (Å²) in [5.74, 6) is -0.515. The average molecular weight is 323 g/mol. The summed E-state index contributed by atoms with van der Waals surface area (Å²) in [7, 11) is 1.55. The first-order valence-corrected chi connectivity index (χ1v) is 7.04. The van der Waals surface area contributed by atoms with E-state index in [0.29, 0.717) is 16.9 Å². The third kappa shape index (κ3) is 3.12. The lowest BCUT2D eigenvalue weighted by Crippen LogP contribution is -2.19. The molecule has 0 aliphatic carbocycles. The third-order valence-corrected chi connectivity index (χ3v) is 3.32. The van der Waals surface area contributed by atoms with E-state index in [1.165, 1.54) is 10.7 Å². The second-order valence-corrected chi connectivity index (χ2v) is 4.98. The van der Waals surface area contributed by atoms with Gasteiger partial charge in [-0.3, -0.25) is 14.4 Å². The second-order valence-electron chi connectivity index (χ2n) is 4.98. The number of aryl methyl sites for hydroxylation is 1. The van der Waals surface area contributed by atoms with E-state index in [1.807, 2.05) is 0 Å². The molecule has 1 aromatic carbocycles. The number of hydrogen-bond donors (Lipinski definition) is 2. The minimum atomic E-state index is -0.515. The molecule has 0 saturated carbocycles. The van der Waals surface area contributed by atoms with Crippen LogP contribution in [0.4, 0.5) is 5.69 Å². The van der Waals surface area contributed by atoms with Crippen LogP contribution in [0.3, 0.4) is 0 Å². The molecule has 3 aromatic rings. The van der Waals surface area contributed by atoms with Gasteiger partial charge in [0.25, 0.3) is 17.0 Å². The maximum absolute atomic E-state index is 12.3. The number of aromatic nitrogens is 4. The van der Waals surface area contributed by atoms with Gasteiger partial charge in [-0.1, -0.05) is 18.2 Å². The summed E-state index contributed by atoms with van der Waals surface area (Å²) in [5, 5.41) is 6.89. The quantitative estimate of drug-likeness (QED) is 0.740. The van der Waals surface area contributed by atoms with Gasteiger partial charge in [0, 0.05) is 24.7 Å². The van der Waals surface area contributed by atoms with Crippen LogP contribution < -0.4 is 16.4 Å². The minimum Gasteiger partial charge on any atom is -0.320 e. The number of benzene rings is 1. The van der Waals surface area contributed by atoms with Crippen molar-refractivity contribution in [3.05, 3.63) is 75.2 Å². The molecule has 0 bridgehead atoms. The number of anilines is 1. The molecule has 8 nitrogen and oxygen atoms in total. The Morgan fingerprint density at radius 1 is 1.17 bits per heavy atom. The molecule has 0 saturated heterocycles. The van der Waals surface area contributed by atoms with Crippen LogP contribution in [0.1, 0.15) is 10.5 Å². The van der Waals surface area contributed by atoms with Crippen molar-refractivity contribution in [2.24, 2.45) is 7.05 Å². The van der Waals surface area contributed by atoms with Gasteiger partial charge in [-0.2, -0.15) is 5.10 Å². The van der Waals surface area contributed by atoms with Crippen molar-refractivity contribution < 1.29 is 4.79 Å². The largest absolute Gasteiger partial charge is 0.320 e. The molecule has 0 atom stereocenters. The van der Waals surface area contributed by atoms with E-state index in [0.717, 1.165) is 12.4 Å². The topological polar surface area (TPSA) is 110 Å². The van der Waals surface area contributed by atoms with Crippen LogP contribution >= 0.6 is 0 Å². The van der Waals surface area contributed by atoms with Crippen molar-refractivity contribution >= 4 is 11.6 Å². The van der Waals surface area contributed by atoms with Crippen LogP contribution in [0.2, 0.25) is 0 Å². The summed E-state index contributed by atoms with van der Waals surface area (Å²) >= 11 is 0. The third-order valence-electron chi connectivity index (χ3n) is 3.32. The van der Waals surface area contributed by atoms with Crippen molar-refractivity contribution in [3.8, 4) is 11.3 Å². The number of nitrogens with one attached hydrogen (secondary N) is 2. The molecule has 2 heterocycles. The number of aromatic amines is 1. The van der Waals surface area contributed by atoms with E-state index < -0.39 is 11.5 Å². The number of carbonyl (C=O) groups is 1. The number of hydrogen-bond acceptors (Lipinski definition) is 5. The highest BCUT2D eigenvalue weighted by Gasteiger charge is 2.12. The molecule has 24 heavy (non-hydrogen) atoms. The minimum absolute atomic E-state index is 0.00183. The van der Waals surface area contributed by atoms with Crippen LogP contribution in [-0.2, 0) is 7.05 Å². The number of carbonyl (C=O) groups excluding carboxylic acids is 1. The van der Waals surface area contributed by atoms with E-state index in [4.69, 9.17) is 0 Å². The number of rotatable bonds is 3. The van der Waals surface area contributed by atoms with E-state index in [9.17, 15) is 14.4 Å². The highest BCUT2D eigenvalue weighted by Crippen LogP contribution is 2.25. The van der Waals surface area contributed by atoms with E-state index in [1.54, 1.807) is 37.4 Å². The normalized spacial score (nSPS) is 10.4. The molecular formula is C16H13N5O3. The van der Waals surface area contributed by atoms with Crippen LogP contribution in [-0.4, -0.2) is 25.7 Å². The fraction of sp³-hybridized carbons (Fsp3) is 0.0625. The monoisotopic (exact) mass is 323 g/mol. The van der Waals surface area contributed by atoms with Gasteiger partial charge in [-0.15, -0.1) is 0 Å². The van der Waals surface area contributed by atoms with Gasteiger partial charge in [0.15, 0.2) is 0 Å². The fourth-order valence-corrected chi connectivity index (χ4v) is 2.14. The molecule has 8 heteroatoms. The van der Waals surface area contributed by atoms with E-state index >= 15 is 0 Å². The summed E-state index contributed by atoms with van der Waals surface area (Å²) in [6.07, 6.45) is 1.16. The van der Waals surface area contributed by atoms with Crippen molar-refractivity contribution in [1.82, 2.24) is 19.7 Å². The predicted octanol–water partition coefficient (Wildman–Crippen LogP) is 0.783. The van der Waals surface area contributed by atoms with Gasteiger partial charge in [0.05, 0.1) is 17.7 Å². The molecule has 0 aliphatic heterocycles. The molecule has 2 N–H and O–H groups in total. The Balaban J connectivity index is 1.97. The fourth-order valence-electron chi connectivity index (χ4n) is 2.14. The van der Waals surface area contributed by atoms with Crippen LogP contribution in [0.25, 0.3) is 11.3 Å². The zero-order valence-corrected chi connectivity index (χ0v) is 12.7. The van der Waals surface area contributed by atoms with Crippen LogP contribution in [0.5, 0.6) is 0 Å². The maximum Gasteiger partial charge on any atom is 0.274 e. The maximum atomic E-state index is 12.3. The summed E-state index contributed by atoms with van der Waals surface area (Å²) < 4.78 is 1.21. The predicted molar refractivity (Wildman–Crippen MR) is 87.7 cm³/mol. The standard InChI is InChI=1S/C16H13N5O3/c1-21-15(23)7-6-12(20-21)10-4-2-3-5-11(10)19-16(24)13-8-14(22)18-9-17-13/h2-9H,1H3,(H,19,24)(H,17,18,22). The number of nitrogens with zero attached hydrogens (tertiary/aromatic N) is 3. The Morgan fingerprint density at radius 3 is 2.71 bits per heavy atom. The number of para-hydroxylation sites is 1. The molecule has 2 aromatic heterocycles. The van der Waals surface area contributed by atoms with E-state index in [2.05, 4.69) is 20.4 Å². The molecule has 3 rings (SSSR count). The van der Waals surface area contributed by atoms with Crippen LogP contribution in [0, 0.1) is 0 Å². The van der Waals surface area contributed by atoms with E-state index in [-0.39, 0.29) is 11.3 Å². The smallest absolute Gasteiger partial charge is 0.274 e. The first-order valence-electron chi connectivity index (χ1n) is 7.04. The van der Waals surface area contributed by atoms with Gasteiger partial charge >= 0.3 is 0 Å². The SMILES string of the molecule is Cn1nc(-c2ccccc2NC(=O)c2cc(=O)[nH]cn2)ccc1=O. The Morgan fingerprint density at radius 2 is 1.96 bits per heavy atom. The summed E-state index contributed by atoms with van der Waals surface area (Å²) in [4.78, 5) is 41.2. The van der Waals surface area contributed by atoms with Crippen molar-refractivity contribution in [2.45, 2.75) is 0 Å². The molecule has 0 unspecified atom stereocenters. The summed E-state index contributed by atoms with van der Waals surface area (Å²) in [6, 6.07) is 11.1. The zero-order chi connectivity index (χ0) is 17.1. The summed E-state index contributed by atoms with van der Waals surface area (Å²) in [5.41, 5.74) is 1.03. The Kier molecular flexibility index (Phi) is 4.02. The van der Waals surface area contributed by atoms with Gasteiger partial charge in [-0.25, -0.2) is 9.67 Å². The lowest BCUT2D eigenvalue weighted by Gasteiger charge is -2.10. The molecule has 120 valence electrons. The molecule has 0 aliphatic rings. The number of amides is 1. The van der Waals surface area contributed by atoms with Gasteiger partial charge < -0.3 is 10.3 Å². The molecular weight excluding hydrogens is 310 g/mol. The van der Waals surface area contributed by atoms with Crippen molar-refractivity contribution in [2.75, 3.05) is 5.32 Å².